The van der Waals surface area contributed by atoms with E-state index in [0.29, 0.717) is 6.42 Å². The van der Waals surface area contributed by atoms with Crippen LogP contribution in [-0.4, -0.2) is 11.3 Å². The average Bonchev–Trinajstić information content (AvgIpc) is 2.29. The highest BCUT2D eigenvalue weighted by molar-refractivity contribution is 5.78. The molecule has 0 aliphatic carbocycles. The number of nitrogens with zero attached hydrogens (tertiary/aromatic N) is 1. The van der Waals surface area contributed by atoms with Crippen LogP contribution in [0.15, 0.2) is 36.5 Å². The summed E-state index contributed by atoms with van der Waals surface area (Å²) in [7, 11) is 0. The minimum Gasteiger partial charge on any atom is -0.303 e. The Hall–Kier alpha value is -1.70. The largest absolute Gasteiger partial charge is 0.303 e. The van der Waals surface area contributed by atoms with Crippen molar-refractivity contribution in [1.29, 1.82) is 0 Å². The standard InChI is InChI=1S/C13H13NO/c15-9-2-1-4-11-6-7-12-5-3-8-14-13(12)10-11/h3,5-10H,1-2,4H2. The first-order valence-electron chi connectivity index (χ1n) is 5.17. The number of benzene rings is 1. The molecule has 0 radical (unpaired) electrons. The van der Waals surface area contributed by atoms with Gasteiger partial charge in [-0.2, -0.15) is 0 Å². The Morgan fingerprint density at radius 3 is 3.07 bits per heavy atom. The summed E-state index contributed by atoms with van der Waals surface area (Å²) < 4.78 is 0. The third kappa shape index (κ3) is 2.40. The summed E-state index contributed by atoms with van der Waals surface area (Å²) in [5, 5.41) is 1.16. The van der Waals surface area contributed by atoms with Crippen LogP contribution in [0.1, 0.15) is 18.4 Å². The zero-order valence-electron chi connectivity index (χ0n) is 8.52. The van der Waals surface area contributed by atoms with Gasteiger partial charge in [-0.05, 0) is 30.5 Å². The normalized spacial score (nSPS) is 10.4. The number of fused-ring (bicyclic) bond motifs is 1. The second-order valence-electron chi connectivity index (χ2n) is 3.59. The zero-order chi connectivity index (χ0) is 10.5. The predicted octanol–water partition coefficient (Wildman–Crippen LogP) is 2.76. The second kappa shape index (κ2) is 4.69. The number of carbonyl (C=O) groups excluding carboxylic acids is 1. The molecule has 2 rings (SSSR count). The van der Waals surface area contributed by atoms with Gasteiger partial charge in [0, 0.05) is 18.0 Å². The van der Waals surface area contributed by atoms with Crippen molar-refractivity contribution in [1.82, 2.24) is 4.98 Å². The fraction of sp³-hybridized carbons (Fsp3) is 0.231. The van der Waals surface area contributed by atoms with Crippen LogP contribution in [0.5, 0.6) is 0 Å². The monoisotopic (exact) mass is 199 g/mol. The van der Waals surface area contributed by atoms with Crippen LogP contribution in [0.4, 0.5) is 0 Å². The lowest BCUT2D eigenvalue weighted by molar-refractivity contribution is -0.107. The van der Waals surface area contributed by atoms with Gasteiger partial charge in [-0.15, -0.1) is 0 Å². The number of hydrogen-bond acceptors (Lipinski definition) is 2. The van der Waals surface area contributed by atoms with Crippen molar-refractivity contribution in [2.75, 3.05) is 0 Å². The number of aromatic nitrogens is 1. The Bertz CT molecular complexity index is 465. The van der Waals surface area contributed by atoms with E-state index < -0.39 is 0 Å². The third-order valence-corrected chi connectivity index (χ3v) is 2.46. The fourth-order valence-corrected chi connectivity index (χ4v) is 1.66. The number of hydrogen-bond donors (Lipinski definition) is 0. The van der Waals surface area contributed by atoms with E-state index in [-0.39, 0.29) is 0 Å². The van der Waals surface area contributed by atoms with Crippen LogP contribution in [0, 0.1) is 0 Å². The maximum Gasteiger partial charge on any atom is 0.120 e. The number of aldehydes is 1. The quantitative estimate of drug-likeness (QED) is 0.559. The molecule has 0 spiro atoms. The van der Waals surface area contributed by atoms with E-state index in [4.69, 9.17) is 0 Å². The van der Waals surface area contributed by atoms with Gasteiger partial charge in [0.05, 0.1) is 5.52 Å². The van der Waals surface area contributed by atoms with Crippen molar-refractivity contribution in [3.05, 3.63) is 42.1 Å². The molecular weight excluding hydrogens is 186 g/mol. The lowest BCUT2D eigenvalue weighted by atomic mass is 10.1. The molecule has 2 heteroatoms. The Kier molecular flexibility index (Phi) is 3.08. The molecule has 1 heterocycles. The first-order chi connectivity index (χ1) is 7.40. The van der Waals surface area contributed by atoms with E-state index >= 15 is 0 Å². The van der Waals surface area contributed by atoms with E-state index in [0.717, 1.165) is 30.0 Å². The van der Waals surface area contributed by atoms with Crippen LogP contribution in [0.3, 0.4) is 0 Å². The summed E-state index contributed by atoms with van der Waals surface area (Å²) in [6.07, 6.45) is 5.28. The SMILES string of the molecule is O=CCCCc1ccc2cccnc2c1. The van der Waals surface area contributed by atoms with Crippen molar-refractivity contribution in [3.8, 4) is 0 Å². The summed E-state index contributed by atoms with van der Waals surface area (Å²) in [5.41, 5.74) is 2.28. The maximum atomic E-state index is 10.2. The van der Waals surface area contributed by atoms with Crippen LogP contribution in [0.25, 0.3) is 10.9 Å². The molecule has 0 atom stereocenters. The van der Waals surface area contributed by atoms with E-state index in [1.165, 1.54) is 5.56 Å². The van der Waals surface area contributed by atoms with E-state index in [1.807, 2.05) is 6.07 Å². The Balaban J connectivity index is 2.19. The number of rotatable bonds is 4. The topological polar surface area (TPSA) is 30.0 Å². The molecule has 0 aliphatic heterocycles. The third-order valence-electron chi connectivity index (χ3n) is 2.46. The molecule has 1 aromatic heterocycles. The second-order valence-corrected chi connectivity index (χ2v) is 3.59. The number of carbonyl (C=O) groups is 1. The van der Waals surface area contributed by atoms with Gasteiger partial charge in [0.15, 0.2) is 0 Å². The highest BCUT2D eigenvalue weighted by Gasteiger charge is 1.96. The highest BCUT2D eigenvalue weighted by Crippen LogP contribution is 2.14. The number of pyridine rings is 1. The lowest BCUT2D eigenvalue weighted by Crippen LogP contribution is -1.87. The van der Waals surface area contributed by atoms with Gasteiger partial charge in [0.2, 0.25) is 0 Å². The van der Waals surface area contributed by atoms with Crippen LogP contribution in [-0.2, 0) is 11.2 Å². The van der Waals surface area contributed by atoms with Crippen LogP contribution >= 0.6 is 0 Å². The number of aryl methyl sites for hydroxylation is 1. The Labute approximate surface area is 89.0 Å². The Morgan fingerprint density at radius 1 is 1.27 bits per heavy atom. The minimum atomic E-state index is 0.639. The van der Waals surface area contributed by atoms with E-state index in [1.54, 1.807) is 6.20 Å². The molecule has 0 bridgehead atoms. The van der Waals surface area contributed by atoms with Crippen molar-refractivity contribution in [3.63, 3.8) is 0 Å². The van der Waals surface area contributed by atoms with Crippen molar-refractivity contribution in [2.45, 2.75) is 19.3 Å². The van der Waals surface area contributed by atoms with Crippen molar-refractivity contribution >= 4 is 17.2 Å². The molecule has 0 aliphatic rings. The fourth-order valence-electron chi connectivity index (χ4n) is 1.66. The zero-order valence-corrected chi connectivity index (χ0v) is 8.52. The van der Waals surface area contributed by atoms with Crippen LogP contribution in [0.2, 0.25) is 0 Å². The molecular formula is C13H13NO. The summed E-state index contributed by atoms with van der Waals surface area (Å²) in [6, 6.07) is 10.3. The summed E-state index contributed by atoms with van der Waals surface area (Å²) in [6.45, 7) is 0. The van der Waals surface area contributed by atoms with Gasteiger partial charge >= 0.3 is 0 Å². The maximum absolute atomic E-state index is 10.2. The first-order valence-corrected chi connectivity index (χ1v) is 5.17. The molecule has 15 heavy (non-hydrogen) atoms. The van der Waals surface area contributed by atoms with Crippen molar-refractivity contribution in [2.24, 2.45) is 0 Å². The van der Waals surface area contributed by atoms with E-state index in [9.17, 15) is 4.79 Å². The van der Waals surface area contributed by atoms with Gasteiger partial charge in [-0.1, -0.05) is 18.2 Å². The molecule has 0 fully saturated rings. The molecule has 0 amide bonds. The van der Waals surface area contributed by atoms with E-state index in [2.05, 4.69) is 29.2 Å². The molecule has 0 saturated carbocycles. The lowest BCUT2D eigenvalue weighted by Gasteiger charge is -2.01. The molecule has 0 N–H and O–H groups in total. The van der Waals surface area contributed by atoms with Gasteiger partial charge in [-0.25, -0.2) is 0 Å². The van der Waals surface area contributed by atoms with Gasteiger partial charge < -0.3 is 4.79 Å². The van der Waals surface area contributed by atoms with Gasteiger partial charge in [0.25, 0.3) is 0 Å². The number of unbranched alkanes of at least 4 members (excludes halogenated alkanes) is 1. The summed E-state index contributed by atoms with van der Waals surface area (Å²) >= 11 is 0. The van der Waals surface area contributed by atoms with Gasteiger partial charge in [0.1, 0.15) is 6.29 Å². The van der Waals surface area contributed by atoms with Crippen molar-refractivity contribution < 1.29 is 4.79 Å². The molecule has 0 saturated heterocycles. The Morgan fingerprint density at radius 2 is 2.20 bits per heavy atom. The molecule has 1 aromatic carbocycles. The molecule has 2 aromatic rings. The smallest absolute Gasteiger partial charge is 0.120 e. The average molecular weight is 199 g/mol. The molecule has 2 nitrogen and oxygen atoms in total. The molecule has 76 valence electrons. The highest BCUT2D eigenvalue weighted by atomic mass is 16.1. The van der Waals surface area contributed by atoms with Gasteiger partial charge in [-0.3, -0.25) is 4.98 Å². The van der Waals surface area contributed by atoms with Crippen LogP contribution < -0.4 is 0 Å². The predicted molar refractivity (Wildman–Crippen MR) is 60.7 cm³/mol. The molecule has 0 unspecified atom stereocenters. The first kappa shape index (κ1) is 9.84. The summed E-state index contributed by atoms with van der Waals surface area (Å²) in [5.74, 6) is 0. The summed E-state index contributed by atoms with van der Waals surface area (Å²) in [4.78, 5) is 14.5. The minimum absolute atomic E-state index is 0.639.